The molecule has 0 aliphatic heterocycles. The molecule has 326 valence electrons. The first-order chi connectivity index (χ1) is 28.5. The minimum Gasteiger partial charge on any atom is -0.494 e. The number of carboxylic acid groups (broad SMARTS) is 1. The zero-order chi connectivity index (χ0) is 45.2. The Morgan fingerprint density at radius 2 is 1.13 bits per heavy atom. The lowest BCUT2D eigenvalue weighted by Gasteiger charge is -2.13. The van der Waals surface area contributed by atoms with Gasteiger partial charge in [-0.25, -0.2) is 35.5 Å². The molecule has 4 aromatic rings. The molecular weight excluding hydrogens is 897 g/mol. The maximum Gasteiger partial charge on any atom is 0.397 e. The fourth-order valence-electron chi connectivity index (χ4n) is 4.68. The van der Waals surface area contributed by atoms with Crippen LogP contribution in [0.15, 0.2) is 107 Å². The summed E-state index contributed by atoms with van der Waals surface area (Å²) >= 11 is 0. The maximum atomic E-state index is 12.8. The minimum atomic E-state index is -4.89. The number of carbonyl (C=O) groups is 1. The number of sulfone groups is 2. The highest BCUT2D eigenvalue weighted by Gasteiger charge is 2.27. The number of aromatic carboxylic acids is 1. The number of rotatable bonds is 21. The van der Waals surface area contributed by atoms with Crippen molar-refractivity contribution in [3.05, 3.63) is 72.3 Å². The normalized spacial score (nSPS) is 12.6. The molecule has 9 N–H and O–H groups in total. The molecule has 0 heterocycles. The van der Waals surface area contributed by atoms with Gasteiger partial charge in [0.15, 0.2) is 19.7 Å². The van der Waals surface area contributed by atoms with E-state index in [1.54, 1.807) is 0 Å². The van der Waals surface area contributed by atoms with E-state index in [2.05, 4.69) is 44.5 Å². The summed E-state index contributed by atoms with van der Waals surface area (Å²) in [6.07, 6.45) is 0.631. The molecule has 4 aromatic carbocycles. The largest absolute Gasteiger partial charge is 0.494 e. The van der Waals surface area contributed by atoms with Gasteiger partial charge in [0.25, 0.3) is 0 Å². The zero-order valence-electron chi connectivity index (χ0n) is 30.9. The topological polar surface area (TPSA) is 413 Å². The van der Waals surface area contributed by atoms with E-state index in [9.17, 15) is 43.6 Å². The van der Waals surface area contributed by atoms with Crippen LogP contribution in [0.1, 0.15) is 10.4 Å². The van der Waals surface area contributed by atoms with Crippen molar-refractivity contribution >= 4 is 104 Å². The van der Waals surface area contributed by atoms with Gasteiger partial charge >= 0.3 is 26.8 Å². The zero-order valence-corrected chi connectivity index (χ0v) is 34.1. The molecule has 0 saturated heterocycles. The molecule has 0 atom stereocenters. The highest BCUT2D eigenvalue weighted by Crippen LogP contribution is 2.49. The van der Waals surface area contributed by atoms with Crippen molar-refractivity contribution in [1.29, 1.82) is 5.41 Å². The van der Waals surface area contributed by atoms with Crippen molar-refractivity contribution in [2.75, 3.05) is 48.8 Å². The Balaban J connectivity index is 1.80. The molecule has 0 fully saturated rings. The summed E-state index contributed by atoms with van der Waals surface area (Å²) < 4.78 is 124. The van der Waals surface area contributed by atoms with Crippen LogP contribution in [-0.2, 0) is 53.7 Å². The van der Waals surface area contributed by atoms with E-state index in [4.69, 9.17) is 35.6 Å². The number of nitrogen functional groups attached to an aromatic ring is 2. The number of ether oxygens (including phenoxy) is 1. The predicted octanol–water partition coefficient (Wildman–Crippen LogP) is 4.94. The Morgan fingerprint density at radius 1 is 0.689 bits per heavy atom. The summed E-state index contributed by atoms with van der Waals surface area (Å²) in [5, 5.41) is 41.5. The van der Waals surface area contributed by atoms with Gasteiger partial charge in [0.05, 0.1) is 70.1 Å². The number of hydrogen-bond acceptors (Lipinski definition) is 23. The van der Waals surface area contributed by atoms with E-state index in [1.807, 2.05) is 0 Å². The average Bonchev–Trinajstić information content (AvgIpc) is 3.18. The monoisotopic (exact) mass is 928 g/mol. The highest BCUT2D eigenvalue weighted by atomic mass is 32.3. The van der Waals surface area contributed by atoms with Gasteiger partial charge in [0.1, 0.15) is 34.1 Å². The van der Waals surface area contributed by atoms with Crippen LogP contribution in [0.25, 0.3) is 0 Å². The molecule has 0 aliphatic carbocycles. The summed E-state index contributed by atoms with van der Waals surface area (Å²) in [5.41, 5.74) is 12.3. The summed E-state index contributed by atoms with van der Waals surface area (Å²) in [4.78, 5) is 16.9. The summed E-state index contributed by atoms with van der Waals surface area (Å²) in [5.74, 6) is -3.21. The van der Waals surface area contributed by atoms with E-state index >= 15 is 0 Å². The molecule has 0 amide bonds. The first kappa shape index (κ1) is 47.1. The first-order valence-corrected chi connectivity index (χ1v) is 22.3. The number of nitrogens with two attached hydrogens (primary N) is 2. The van der Waals surface area contributed by atoms with Crippen LogP contribution in [-0.4, -0.2) is 92.1 Å². The second-order valence-corrected chi connectivity index (χ2v) is 17.9. The highest BCUT2D eigenvalue weighted by molar-refractivity contribution is 7.91. The van der Waals surface area contributed by atoms with Gasteiger partial charge in [-0.2, -0.15) is 27.1 Å². The maximum absolute atomic E-state index is 12.8. The van der Waals surface area contributed by atoms with Crippen molar-refractivity contribution in [3.8, 4) is 5.75 Å². The molecule has 0 spiro atoms. The standard InChI is InChI=1S/C31H32N10O16S4/c1-54-24-16-20(41-55-17-32)6-11-23(24)37-39-29-25(31(42)43)28(38-35-18-2-7-21(8-3-18)58(44,45)14-12-56-60(48,49)50)26(33)30(27(29)34)40-36-19-4-9-22(10-5-19)59(46,47)15-13-57-61(51,52)53/h2-11,16-17,32,41H,12-15,33-34H2,1H3,(H,42,43)(H,48,49,50)(H,51,52,53). The quantitative estimate of drug-likeness (QED) is 0.0145. The molecule has 26 nitrogen and oxygen atoms in total. The second-order valence-electron chi connectivity index (χ2n) is 11.5. The molecule has 0 aromatic heterocycles. The van der Waals surface area contributed by atoms with Crippen molar-refractivity contribution < 1.29 is 70.6 Å². The third-order valence-corrected chi connectivity index (χ3v) is 11.8. The van der Waals surface area contributed by atoms with Crippen LogP contribution in [0.3, 0.4) is 0 Å². The number of carboxylic acids is 1. The fraction of sp³-hybridized carbons (Fsp3) is 0.161. The van der Waals surface area contributed by atoms with E-state index in [-0.39, 0.29) is 32.6 Å². The van der Waals surface area contributed by atoms with Gasteiger partial charge in [-0.15, -0.1) is 20.5 Å². The lowest BCUT2D eigenvalue weighted by Crippen LogP contribution is -2.15. The van der Waals surface area contributed by atoms with Gasteiger partial charge in [0, 0.05) is 6.07 Å². The number of benzene rings is 4. The van der Waals surface area contributed by atoms with Crippen LogP contribution >= 0.6 is 0 Å². The first-order valence-electron chi connectivity index (χ1n) is 16.3. The Hall–Kier alpha value is -6.54. The van der Waals surface area contributed by atoms with Crippen molar-refractivity contribution in [2.45, 2.75) is 9.79 Å². The van der Waals surface area contributed by atoms with E-state index in [1.165, 1.54) is 49.6 Å². The lowest BCUT2D eigenvalue weighted by molar-refractivity contribution is 0.0698. The minimum absolute atomic E-state index is 0.00520. The van der Waals surface area contributed by atoms with Crippen LogP contribution in [0, 0.1) is 5.41 Å². The Bertz CT molecular complexity index is 2840. The van der Waals surface area contributed by atoms with Crippen molar-refractivity contribution in [3.63, 3.8) is 0 Å². The number of nitrogens with one attached hydrogen (secondary N) is 2. The molecule has 4 rings (SSSR count). The summed E-state index contributed by atoms with van der Waals surface area (Å²) in [6.45, 7) is -1.75. The van der Waals surface area contributed by atoms with Crippen molar-refractivity contribution in [2.24, 2.45) is 30.7 Å². The van der Waals surface area contributed by atoms with Crippen LogP contribution in [0.4, 0.5) is 51.2 Å². The smallest absolute Gasteiger partial charge is 0.397 e. The predicted molar refractivity (Wildman–Crippen MR) is 213 cm³/mol. The summed E-state index contributed by atoms with van der Waals surface area (Å²) in [6, 6.07) is 13.4. The lowest BCUT2D eigenvalue weighted by atomic mass is 10.1. The fourth-order valence-corrected chi connectivity index (χ4v) is 7.66. The number of nitrogens with zero attached hydrogens (tertiary/aromatic N) is 6. The second kappa shape index (κ2) is 19.7. The van der Waals surface area contributed by atoms with E-state index in [0.29, 0.717) is 12.1 Å². The average molecular weight is 929 g/mol. The number of anilines is 3. The van der Waals surface area contributed by atoms with Crippen molar-refractivity contribution in [1.82, 2.24) is 0 Å². The van der Waals surface area contributed by atoms with Gasteiger partial charge in [-0.05, 0) is 60.7 Å². The van der Waals surface area contributed by atoms with Gasteiger partial charge < -0.3 is 26.1 Å². The molecule has 61 heavy (non-hydrogen) atoms. The van der Waals surface area contributed by atoms with E-state index < -0.39 is 105 Å². The molecule has 0 bridgehead atoms. The SMILES string of the molecule is COc1cc(NOC=N)ccc1N=Nc1c(N)c(N=Nc2ccc(S(=O)(=O)CCOS(=O)(=O)O)cc2)c(N)c(N=Nc2ccc(S(=O)(=O)CCOS(=O)(=O)O)cc2)c1C(=O)O. The van der Waals surface area contributed by atoms with Crippen LogP contribution in [0.2, 0.25) is 0 Å². The molecule has 30 heteroatoms. The molecular formula is C31H32N10O16S4. The summed E-state index contributed by atoms with van der Waals surface area (Å²) in [7, 11) is -16.7. The van der Waals surface area contributed by atoms with Gasteiger partial charge in [-0.1, -0.05) is 0 Å². The Labute approximate surface area is 346 Å². The number of hydrogen-bond donors (Lipinski definition) is 7. The van der Waals surface area contributed by atoms with Gasteiger partial charge in [-0.3, -0.25) is 14.5 Å². The van der Waals surface area contributed by atoms with E-state index in [0.717, 1.165) is 24.3 Å². The third-order valence-electron chi connectivity index (χ3n) is 7.47. The number of methoxy groups -OCH3 is 1. The molecule has 0 aliphatic rings. The molecule has 0 unspecified atom stereocenters. The van der Waals surface area contributed by atoms with Crippen LogP contribution < -0.4 is 21.7 Å². The van der Waals surface area contributed by atoms with Crippen LogP contribution in [0.5, 0.6) is 5.75 Å². The van der Waals surface area contributed by atoms with Gasteiger partial charge in [0.2, 0.25) is 6.40 Å². The third kappa shape index (κ3) is 13.2. The Kier molecular flexibility index (Phi) is 15.2. The molecule has 0 radical (unpaired) electrons. The Morgan fingerprint density at radius 3 is 1.54 bits per heavy atom. The molecule has 0 saturated carbocycles. The number of azo groups is 3.